The summed E-state index contributed by atoms with van der Waals surface area (Å²) in [6.07, 6.45) is -29.2. The van der Waals surface area contributed by atoms with Gasteiger partial charge in [0.15, 0.2) is 17.3 Å². The van der Waals surface area contributed by atoms with Gasteiger partial charge in [-0.25, -0.2) is 0 Å². The summed E-state index contributed by atoms with van der Waals surface area (Å²) in [5, 5.41) is 208. The number of carbonyl (C=O) groups excluding carboxylic acids is 1. The molecule has 3 fully saturated rings. The topological polar surface area (TPSA) is 466 Å². The minimum absolute atomic E-state index is 0.00929. The van der Waals surface area contributed by atoms with Crippen LogP contribution in [0.25, 0.3) is 0 Å². The van der Waals surface area contributed by atoms with Gasteiger partial charge in [0.05, 0.1) is 26.2 Å². The number of rotatable bonds is 20. The van der Waals surface area contributed by atoms with E-state index >= 15 is 4.79 Å². The fourth-order valence-electron chi connectivity index (χ4n) is 11.8. The van der Waals surface area contributed by atoms with Crippen molar-refractivity contribution < 1.29 is 135 Å². The number of phenolic OH excluding ortho intramolecular Hbond substituents is 7. The first kappa shape index (κ1) is 65.2. The zero-order valence-electron chi connectivity index (χ0n) is 47.6. The van der Waals surface area contributed by atoms with E-state index in [4.69, 9.17) is 33.2 Å². The molecular formula is C63H70O27. The van der Waals surface area contributed by atoms with E-state index in [0.717, 1.165) is 18.2 Å². The average Bonchev–Trinajstić information content (AvgIpc) is 0.740. The van der Waals surface area contributed by atoms with Crippen molar-refractivity contribution in [1.29, 1.82) is 0 Å². The van der Waals surface area contributed by atoms with E-state index in [-0.39, 0.29) is 70.9 Å². The molecule has 27 heteroatoms. The Bertz CT molecular complexity index is 3470. The molecule has 0 aromatic heterocycles. The Morgan fingerprint density at radius 2 is 0.833 bits per heavy atom. The van der Waals surface area contributed by atoms with Crippen LogP contribution in [0.4, 0.5) is 0 Å². The summed E-state index contributed by atoms with van der Waals surface area (Å²) in [6.45, 7) is -2.52. The summed E-state index contributed by atoms with van der Waals surface area (Å²) < 4.78 is 42.2. The van der Waals surface area contributed by atoms with Crippen LogP contribution in [-0.2, 0) is 27.1 Å². The van der Waals surface area contributed by atoms with E-state index < -0.39 is 193 Å². The number of aryl methyl sites for hydroxylation is 2. The van der Waals surface area contributed by atoms with E-state index in [9.17, 15) is 97.0 Å². The van der Waals surface area contributed by atoms with Crippen molar-refractivity contribution in [3.8, 4) is 63.2 Å². The SMILES string of the molecule is O=C1C[C@@H](c2ccc(O)c(O[C@@H]3O[C@H](CO)[C@@H](O)[C@H](O)[C@H]3O)c2)Oc2c1c(O)c([C@H](CCc1ccc(O)cc1)c1ccc(O)cc1O[C@@H]1O[C@H](CO)[C@@H](O)[C@H](O)[C@H]1O)c(O)c2[C@H](CCc1ccc(O)cc1)c1ccc(O)cc1O[C@@H]1O[C@H](CO)[C@@H](O)[C@H](O)[C@H]1O. The summed E-state index contributed by atoms with van der Waals surface area (Å²) in [5.74, 6) is -8.40. The third-order valence-electron chi connectivity index (χ3n) is 16.8. The van der Waals surface area contributed by atoms with E-state index in [1.807, 2.05) is 0 Å². The molecule has 90 heavy (non-hydrogen) atoms. The van der Waals surface area contributed by atoms with Crippen LogP contribution in [-0.4, -0.2) is 215 Å². The van der Waals surface area contributed by atoms with Crippen molar-refractivity contribution in [2.75, 3.05) is 19.8 Å². The Kier molecular flexibility index (Phi) is 19.8. The number of benzene rings is 6. The second-order valence-electron chi connectivity index (χ2n) is 22.6. The highest BCUT2D eigenvalue weighted by Crippen LogP contribution is 2.58. The van der Waals surface area contributed by atoms with Crippen LogP contribution in [0.2, 0.25) is 0 Å². The van der Waals surface area contributed by atoms with E-state index in [0.29, 0.717) is 11.1 Å². The monoisotopic (exact) mass is 1260 g/mol. The molecule has 3 saturated heterocycles. The van der Waals surface area contributed by atoms with Crippen LogP contribution in [0.3, 0.4) is 0 Å². The highest BCUT2D eigenvalue weighted by molar-refractivity contribution is 6.04. The molecule has 4 aliphatic heterocycles. The standard InChI is InChI=1S/C63H70O27/c64-23-43-49(73)54(78)57(81)61(88-43)85-40-20-31(69)12-16-33(40)35(14-5-26-1-8-29(67)9-2-26)46-52(76)47(36(15-6-27-3-10-30(68)11-4-27)34-17-13-32(70)21-41(34)86-62-58(82)55(79)50(74)44(24-65)89-62)60-48(53(46)77)38(72)22-39(84-60)28-7-18-37(71)42(19-28)87-63-59(83)56(80)51(75)45(25-66)90-63/h1-4,7-13,16-21,35-36,39,43-45,49-51,54-59,61-71,73-83H,5-6,14-15,22-25H2/t35-,36-,39+,43-,44-,45-,49-,50-,51-,54+,55+,56+,57-,58-,59-,61-,62-,63-/m1/s1. The number of fused-ring (bicyclic) bond motifs is 1. The molecule has 0 bridgehead atoms. The quantitative estimate of drug-likeness (QED) is 0.0492. The van der Waals surface area contributed by atoms with E-state index in [1.54, 1.807) is 24.3 Å². The minimum Gasteiger partial charge on any atom is -0.508 e. The van der Waals surface area contributed by atoms with Gasteiger partial charge in [0.2, 0.25) is 18.9 Å². The maximum absolute atomic E-state index is 15.4. The molecule has 0 saturated carbocycles. The maximum atomic E-state index is 15.4. The fourth-order valence-corrected chi connectivity index (χ4v) is 11.8. The van der Waals surface area contributed by atoms with Gasteiger partial charge in [0.1, 0.15) is 137 Å². The molecule has 4 aliphatic rings. The summed E-state index contributed by atoms with van der Waals surface area (Å²) in [5.41, 5.74) is 0.0671. The van der Waals surface area contributed by atoms with Gasteiger partial charge < -0.3 is 130 Å². The number of phenols is 7. The first-order valence-electron chi connectivity index (χ1n) is 28.8. The molecule has 0 aliphatic carbocycles. The first-order valence-corrected chi connectivity index (χ1v) is 28.8. The van der Waals surface area contributed by atoms with Gasteiger partial charge in [0, 0.05) is 46.2 Å². The van der Waals surface area contributed by atoms with E-state index in [2.05, 4.69) is 0 Å². The number of aromatic hydroxyl groups is 7. The van der Waals surface area contributed by atoms with Crippen LogP contribution in [0, 0.1) is 0 Å². The van der Waals surface area contributed by atoms with Gasteiger partial charge >= 0.3 is 0 Å². The zero-order chi connectivity index (χ0) is 64.6. The number of ketones is 1. The number of ether oxygens (including phenoxy) is 7. The van der Waals surface area contributed by atoms with Crippen molar-refractivity contribution in [2.24, 2.45) is 0 Å². The van der Waals surface area contributed by atoms with Gasteiger partial charge in [-0.1, -0.05) is 42.5 Å². The Morgan fingerprint density at radius 3 is 1.26 bits per heavy atom. The number of hydrogen-bond acceptors (Lipinski definition) is 27. The highest BCUT2D eigenvalue weighted by atomic mass is 16.7. The molecule has 484 valence electrons. The largest absolute Gasteiger partial charge is 0.508 e. The number of carbonyl (C=O) groups is 1. The third kappa shape index (κ3) is 13.2. The smallest absolute Gasteiger partial charge is 0.229 e. The second-order valence-corrected chi connectivity index (χ2v) is 22.6. The molecule has 0 amide bonds. The Balaban J connectivity index is 1.19. The highest BCUT2D eigenvalue weighted by Gasteiger charge is 2.49. The lowest BCUT2D eigenvalue weighted by Crippen LogP contribution is -2.60. The lowest BCUT2D eigenvalue weighted by molar-refractivity contribution is -0.277. The van der Waals surface area contributed by atoms with Crippen LogP contribution < -0.4 is 18.9 Å². The maximum Gasteiger partial charge on any atom is 0.229 e. The molecule has 0 radical (unpaired) electrons. The Labute approximate surface area is 512 Å². The predicted octanol–water partition coefficient (Wildman–Crippen LogP) is 0.398. The van der Waals surface area contributed by atoms with Crippen molar-refractivity contribution >= 4 is 5.78 Å². The number of aliphatic hydroxyl groups is 12. The summed E-state index contributed by atoms with van der Waals surface area (Å²) >= 11 is 0. The number of hydrogen-bond donors (Lipinski definition) is 19. The molecule has 19 N–H and O–H groups in total. The molecular weight excluding hydrogens is 1190 g/mol. The van der Waals surface area contributed by atoms with Crippen molar-refractivity contribution in [2.45, 2.75) is 142 Å². The normalized spacial score (nSPS) is 29.1. The average molecular weight is 1260 g/mol. The second kappa shape index (κ2) is 27.3. The van der Waals surface area contributed by atoms with Gasteiger partial charge in [-0.2, -0.15) is 0 Å². The lowest BCUT2D eigenvalue weighted by atomic mass is 9.76. The van der Waals surface area contributed by atoms with Crippen LogP contribution in [0.1, 0.15) is 86.5 Å². The van der Waals surface area contributed by atoms with Gasteiger partial charge in [0.25, 0.3) is 0 Å². The first-order chi connectivity index (χ1) is 43.0. The molecule has 6 aromatic rings. The molecule has 27 nitrogen and oxygen atoms in total. The molecule has 0 spiro atoms. The fraction of sp³-hybridized carbons (Fsp3) is 0.413. The van der Waals surface area contributed by atoms with Crippen molar-refractivity contribution in [1.82, 2.24) is 0 Å². The molecule has 4 heterocycles. The van der Waals surface area contributed by atoms with Gasteiger partial charge in [-0.3, -0.25) is 4.79 Å². The molecule has 6 aromatic carbocycles. The lowest BCUT2D eigenvalue weighted by Gasteiger charge is -2.40. The number of Topliss-reactive ketones (excluding diaryl/α,β-unsaturated/α-hetero) is 1. The third-order valence-corrected chi connectivity index (χ3v) is 16.8. The van der Waals surface area contributed by atoms with Gasteiger partial charge in [-0.15, -0.1) is 0 Å². The van der Waals surface area contributed by atoms with Crippen LogP contribution in [0.5, 0.6) is 63.2 Å². The zero-order valence-corrected chi connectivity index (χ0v) is 47.6. The van der Waals surface area contributed by atoms with Crippen molar-refractivity contribution in [3.05, 3.63) is 148 Å². The summed E-state index contributed by atoms with van der Waals surface area (Å²) in [7, 11) is 0. The molecule has 10 rings (SSSR count). The van der Waals surface area contributed by atoms with Gasteiger partial charge in [-0.05, 0) is 90.9 Å². The summed E-state index contributed by atoms with van der Waals surface area (Å²) in [6, 6.07) is 23.0. The number of aliphatic hydroxyl groups excluding tert-OH is 12. The van der Waals surface area contributed by atoms with Crippen LogP contribution >= 0.6 is 0 Å². The summed E-state index contributed by atoms with van der Waals surface area (Å²) in [4.78, 5) is 15.4. The van der Waals surface area contributed by atoms with Crippen molar-refractivity contribution in [3.63, 3.8) is 0 Å². The van der Waals surface area contributed by atoms with E-state index in [1.165, 1.54) is 60.7 Å². The predicted molar refractivity (Wildman–Crippen MR) is 306 cm³/mol. The molecule has 0 unspecified atom stereocenters. The molecule has 18 atom stereocenters. The Hall–Kier alpha value is -7.81. The Morgan fingerprint density at radius 1 is 0.433 bits per heavy atom. The van der Waals surface area contributed by atoms with Crippen LogP contribution in [0.15, 0.2) is 103 Å². The minimum atomic E-state index is -2.00.